The fourth-order valence-corrected chi connectivity index (χ4v) is 3.80. The normalized spacial score (nSPS) is 14.7. The number of rotatable bonds is 5. The second-order valence-electron chi connectivity index (χ2n) is 7.94. The first-order valence-corrected chi connectivity index (χ1v) is 10.4. The first-order valence-electron chi connectivity index (χ1n) is 10.4. The van der Waals surface area contributed by atoms with Crippen LogP contribution in [0.25, 0.3) is 11.8 Å². The van der Waals surface area contributed by atoms with Crippen molar-refractivity contribution >= 4 is 29.6 Å². The summed E-state index contributed by atoms with van der Waals surface area (Å²) in [5.74, 6) is -1.42. The van der Waals surface area contributed by atoms with E-state index in [2.05, 4.69) is 10.6 Å². The van der Waals surface area contributed by atoms with E-state index in [4.69, 9.17) is 0 Å². The van der Waals surface area contributed by atoms with Crippen molar-refractivity contribution in [2.24, 2.45) is 0 Å². The molecule has 1 fully saturated rings. The van der Waals surface area contributed by atoms with Crippen molar-refractivity contribution in [2.45, 2.75) is 20.8 Å². The molecule has 33 heavy (non-hydrogen) atoms. The molecule has 0 atom stereocenters. The second-order valence-corrected chi connectivity index (χ2v) is 7.94. The van der Waals surface area contributed by atoms with Crippen molar-refractivity contribution in [3.63, 3.8) is 0 Å². The Kier molecular flexibility index (Phi) is 5.83. The summed E-state index contributed by atoms with van der Waals surface area (Å²) in [6, 6.07) is 14.6. The Morgan fingerprint density at radius 1 is 1.06 bits per heavy atom. The highest BCUT2D eigenvalue weighted by Gasteiger charge is 2.35. The third kappa shape index (κ3) is 4.55. The maximum Gasteiger partial charge on any atom is 0.329 e. The molecule has 7 nitrogen and oxygen atoms in total. The third-order valence-corrected chi connectivity index (χ3v) is 5.44. The molecule has 4 rings (SSSR count). The average molecular weight is 446 g/mol. The minimum Gasteiger partial charge on any atom is -0.325 e. The van der Waals surface area contributed by atoms with Crippen molar-refractivity contribution in [1.29, 1.82) is 0 Å². The molecule has 1 aliphatic rings. The van der Waals surface area contributed by atoms with Crippen molar-refractivity contribution in [1.82, 2.24) is 14.8 Å². The van der Waals surface area contributed by atoms with E-state index < -0.39 is 24.4 Å². The van der Waals surface area contributed by atoms with Crippen LogP contribution in [0.4, 0.5) is 14.9 Å². The van der Waals surface area contributed by atoms with Crippen LogP contribution in [0.1, 0.15) is 22.5 Å². The van der Waals surface area contributed by atoms with E-state index in [1.807, 2.05) is 43.5 Å². The van der Waals surface area contributed by atoms with Crippen LogP contribution < -0.4 is 10.6 Å². The lowest BCUT2D eigenvalue weighted by atomic mass is 10.2. The number of nitrogens with zero attached hydrogens (tertiary/aromatic N) is 2. The Morgan fingerprint density at radius 3 is 2.48 bits per heavy atom. The largest absolute Gasteiger partial charge is 0.329 e. The number of imide groups is 1. The van der Waals surface area contributed by atoms with Gasteiger partial charge in [0.1, 0.15) is 18.1 Å². The summed E-state index contributed by atoms with van der Waals surface area (Å²) >= 11 is 0. The van der Waals surface area contributed by atoms with Crippen molar-refractivity contribution in [2.75, 3.05) is 11.9 Å². The first kappa shape index (κ1) is 22.0. The van der Waals surface area contributed by atoms with E-state index in [-0.39, 0.29) is 11.5 Å². The number of aromatic nitrogens is 1. The maximum absolute atomic E-state index is 13.7. The standard InChI is InChI=1S/C25H23FN4O3/c1-15-7-9-20(10-8-15)27-23(31)14-29-24(32)22(28-25(29)33)12-18-11-16(2)30(17(18)3)21-6-4-5-19(26)13-21/h4-13H,14H2,1-3H3,(H,27,31)(H,28,33)/b22-12+. The monoisotopic (exact) mass is 446 g/mol. The van der Waals surface area contributed by atoms with Gasteiger partial charge in [-0.1, -0.05) is 23.8 Å². The molecule has 4 amide bonds. The van der Waals surface area contributed by atoms with Crippen LogP contribution in [-0.2, 0) is 9.59 Å². The molecular formula is C25H23FN4O3. The molecule has 0 saturated carbocycles. The van der Waals surface area contributed by atoms with Gasteiger partial charge in [0.2, 0.25) is 5.91 Å². The number of anilines is 1. The maximum atomic E-state index is 13.7. The highest BCUT2D eigenvalue weighted by atomic mass is 19.1. The molecule has 1 aliphatic heterocycles. The number of amides is 4. The summed E-state index contributed by atoms with van der Waals surface area (Å²) in [6.45, 7) is 5.25. The topological polar surface area (TPSA) is 83.4 Å². The Hall–Kier alpha value is -4.20. The van der Waals surface area contributed by atoms with Crippen molar-refractivity contribution in [3.8, 4) is 5.69 Å². The molecule has 8 heteroatoms. The van der Waals surface area contributed by atoms with E-state index in [1.165, 1.54) is 12.1 Å². The Morgan fingerprint density at radius 2 is 1.79 bits per heavy atom. The van der Waals surface area contributed by atoms with Crippen molar-refractivity contribution < 1.29 is 18.8 Å². The molecular weight excluding hydrogens is 423 g/mol. The zero-order valence-electron chi connectivity index (χ0n) is 18.5. The average Bonchev–Trinajstić information content (AvgIpc) is 3.19. The number of hydrogen-bond donors (Lipinski definition) is 2. The predicted octanol–water partition coefficient (Wildman–Crippen LogP) is 4.07. The van der Waals surface area contributed by atoms with Gasteiger partial charge < -0.3 is 15.2 Å². The summed E-state index contributed by atoms with van der Waals surface area (Å²) in [7, 11) is 0. The number of halogens is 1. The molecule has 0 spiro atoms. The van der Waals surface area contributed by atoms with Crippen LogP contribution in [0.5, 0.6) is 0 Å². The smallest absolute Gasteiger partial charge is 0.325 e. The van der Waals surface area contributed by atoms with Gasteiger partial charge >= 0.3 is 6.03 Å². The van der Waals surface area contributed by atoms with Gasteiger partial charge in [0.15, 0.2) is 0 Å². The molecule has 0 radical (unpaired) electrons. The molecule has 1 aromatic heterocycles. The fraction of sp³-hybridized carbons (Fsp3) is 0.160. The van der Waals surface area contributed by atoms with Gasteiger partial charge in [0.05, 0.1) is 0 Å². The van der Waals surface area contributed by atoms with Crippen LogP contribution >= 0.6 is 0 Å². The summed E-state index contributed by atoms with van der Waals surface area (Å²) in [6.07, 6.45) is 1.57. The number of hydrogen-bond acceptors (Lipinski definition) is 3. The summed E-state index contributed by atoms with van der Waals surface area (Å²) in [5, 5.41) is 5.21. The lowest BCUT2D eigenvalue weighted by molar-refractivity contribution is -0.127. The van der Waals surface area contributed by atoms with E-state index in [0.717, 1.165) is 21.9 Å². The van der Waals surface area contributed by atoms with E-state index in [0.29, 0.717) is 16.9 Å². The summed E-state index contributed by atoms with van der Waals surface area (Å²) < 4.78 is 15.6. The zero-order valence-corrected chi connectivity index (χ0v) is 18.5. The number of aryl methyl sites for hydroxylation is 2. The van der Waals surface area contributed by atoms with Crippen molar-refractivity contribution in [3.05, 3.63) is 88.6 Å². The zero-order chi connectivity index (χ0) is 23.7. The molecule has 2 heterocycles. The number of benzene rings is 2. The highest BCUT2D eigenvalue weighted by molar-refractivity contribution is 6.16. The van der Waals surface area contributed by atoms with Crippen LogP contribution in [-0.4, -0.2) is 33.9 Å². The molecule has 2 aromatic carbocycles. The molecule has 1 saturated heterocycles. The number of urea groups is 1. The number of carbonyl (C=O) groups excluding carboxylic acids is 3. The number of nitrogens with one attached hydrogen (secondary N) is 2. The fourth-order valence-electron chi connectivity index (χ4n) is 3.80. The van der Waals surface area contributed by atoms with Crippen LogP contribution in [0, 0.1) is 26.6 Å². The van der Waals surface area contributed by atoms with Crippen LogP contribution in [0.2, 0.25) is 0 Å². The molecule has 0 bridgehead atoms. The van der Waals surface area contributed by atoms with E-state index in [1.54, 1.807) is 30.3 Å². The number of carbonyl (C=O) groups is 3. The van der Waals surface area contributed by atoms with E-state index in [9.17, 15) is 18.8 Å². The summed E-state index contributed by atoms with van der Waals surface area (Å²) in [4.78, 5) is 38.4. The Balaban J connectivity index is 1.53. The highest BCUT2D eigenvalue weighted by Crippen LogP contribution is 2.24. The second kappa shape index (κ2) is 8.74. The van der Waals surface area contributed by atoms with Gasteiger partial charge in [0, 0.05) is 22.8 Å². The van der Waals surface area contributed by atoms with Gasteiger partial charge in [-0.25, -0.2) is 14.1 Å². The van der Waals surface area contributed by atoms with E-state index >= 15 is 0 Å². The SMILES string of the molecule is Cc1ccc(NC(=O)CN2C(=O)N/C(=C/c3cc(C)n(-c4cccc(F)c4)c3C)C2=O)cc1. The molecule has 0 aliphatic carbocycles. The lowest BCUT2D eigenvalue weighted by Crippen LogP contribution is -2.38. The van der Waals surface area contributed by atoms with Crippen LogP contribution in [0.3, 0.4) is 0 Å². The quantitative estimate of drug-likeness (QED) is 0.458. The minimum atomic E-state index is -0.663. The summed E-state index contributed by atoms with van der Waals surface area (Å²) in [5.41, 5.74) is 4.69. The molecule has 0 unspecified atom stereocenters. The minimum absolute atomic E-state index is 0.0719. The van der Waals surface area contributed by atoms with Gasteiger partial charge in [-0.3, -0.25) is 9.59 Å². The predicted molar refractivity (Wildman–Crippen MR) is 123 cm³/mol. The third-order valence-electron chi connectivity index (χ3n) is 5.44. The molecule has 168 valence electrons. The Labute approximate surface area is 190 Å². The van der Waals surface area contributed by atoms with Gasteiger partial charge in [-0.15, -0.1) is 0 Å². The molecule has 3 aromatic rings. The van der Waals surface area contributed by atoms with Gasteiger partial charge in [-0.2, -0.15) is 0 Å². The molecule has 2 N–H and O–H groups in total. The van der Waals surface area contributed by atoms with Gasteiger partial charge in [0.25, 0.3) is 5.91 Å². The van der Waals surface area contributed by atoms with Crippen LogP contribution in [0.15, 0.2) is 60.3 Å². The first-order chi connectivity index (χ1) is 15.7. The van der Waals surface area contributed by atoms with Gasteiger partial charge in [-0.05, 0) is 68.8 Å². The lowest BCUT2D eigenvalue weighted by Gasteiger charge is -2.12. The Bertz CT molecular complexity index is 1290.